The van der Waals surface area contributed by atoms with Crippen LogP contribution in [-0.4, -0.2) is 20.6 Å². The van der Waals surface area contributed by atoms with Crippen LogP contribution in [0.4, 0.5) is 36.6 Å². The molecule has 0 N–H and O–H groups in total. The Morgan fingerprint density at radius 1 is 0.972 bits per heavy atom. The third-order valence-electron chi connectivity index (χ3n) is 6.82. The Labute approximate surface area is 200 Å². The predicted octanol–water partition coefficient (Wildman–Crippen LogP) is 5.84. The molecule has 2 aromatic heterocycles. The lowest BCUT2D eigenvalue weighted by Crippen LogP contribution is -2.39. The van der Waals surface area contributed by atoms with E-state index >= 15 is 0 Å². The lowest BCUT2D eigenvalue weighted by molar-refractivity contribution is -0.145. The molecule has 3 atom stereocenters. The molecule has 2 bridgehead atoms. The van der Waals surface area contributed by atoms with Crippen LogP contribution in [0.5, 0.6) is 0 Å². The van der Waals surface area contributed by atoms with Crippen molar-refractivity contribution in [2.75, 3.05) is 4.90 Å². The van der Waals surface area contributed by atoms with Crippen LogP contribution in [0.25, 0.3) is 5.69 Å². The zero-order valence-electron chi connectivity index (χ0n) is 18.7. The van der Waals surface area contributed by atoms with Gasteiger partial charge in [-0.1, -0.05) is 0 Å². The van der Waals surface area contributed by atoms with E-state index < -0.39 is 46.8 Å². The van der Waals surface area contributed by atoms with E-state index in [2.05, 4.69) is 9.97 Å². The molecule has 5 nitrogen and oxygen atoms in total. The van der Waals surface area contributed by atoms with E-state index in [9.17, 15) is 35.5 Å². The van der Waals surface area contributed by atoms with Crippen molar-refractivity contribution >= 4 is 5.82 Å². The van der Waals surface area contributed by atoms with Crippen molar-refractivity contribution in [1.29, 1.82) is 0 Å². The number of aromatic nitrogens is 3. The number of anilines is 1. The number of halogens is 7. The first-order valence-corrected chi connectivity index (χ1v) is 11.1. The summed E-state index contributed by atoms with van der Waals surface area (Å²) in [6, 6.07) is 4.58. The van der Waals surface area contributed by atoms with Gasteiger partial charge in [-0.15, -0.1) is 0 Å². The molecule has 0 spiro atoms. The van der Waals surface area contributed by atoms with Crippen molar-refractivity contribution in [2.45, 2.75) is 50.6 Å². The number of hydrogen-bond acceptors (Lipinski definition) is 4. The summed E-state index contributed by atoms with van der Waals surface area (Å²) >= 11 is 0. The summed E-state index contributed by atoms with van der Waals surface area (Å²) in [6.07, 6.45) is -7.17. The van der Waals surface area contributed by atoms with Crippen molar-refractivity contribution in [3.05, 3.63) is 81.4 Å². The van der Waals surface area contributed by atoms with Crippen LogP contribution in [0.15, 0.2) is 47.4 Å². The van der Waals surface area contributed by atoms with E-state index in [0.717, 1.165) is 0 Å². The second kappa shape index (κ2) is 8.31. The molecule has 1 saturated heterocycles. The molecule has 1 aliphatic heterocycles. The first kappa shape index (κ1) is 24.3. The van der Waals surface area contributed by atoms with Crippen molar-refractivity contribution in [2.24, 2.45) is 5.92 Å². The fraction of sp³-hybridized carbons (Fsp3) is 0.375. The largest absolute Gasteiger partial charge is 0.433 e. The fourth-order valence-corrected chi connectivity index (χ4v) is 5.27. The molecule has 5 rings (SSSR count). The van der Waals surface area contributed by atoms with Crippen LogP contribution >= 0.6 is 0 Å². The van der Waals surface area contributed by atoms with E-state index in [1.54, 1.807) is 0 Å². The van der Waals surface area contributed by atoms with Crippen LogP contribution in [0.3, 0.4) is 0 Å². The van der Waals surface area contributed by atoms with E-state index in [1.165, 1.54) is 46.9 Å². The normalized spacial score (nSPS) is 21.9. The third-order valence-corrected chi connectivity index (χ3v) is 6.82. The first-order valence-electron chi connectivity index (χ1n) is 11.1. The van der Waals surface area contributed by atoms with E-state index in [1.807, 2.05) is 0 Å². The average molecular weight is 512 g/mol. The summed E-state index contributed by atoms with van der Waals surface area (Å²) in [5.74, 6) is -1.00. The van der Waals surface area contributed by atoms with Gasteiger partial charge in [-0.05, 0) is 68.0 Å². The highest BCUT2D eigenvalue weighted by Crippen LogP contribution is 2.52. The monoisotopic (exact) mass is 512 g/mol. The number of benzene rings is 1. The molecule has 2 fully saturated rings. The quantitative estimate of drug-likeness (QED) is 0.414. The van der Waals surface area contributed by atoms with Crippen molar-refractivity contribution < 1.29 is 30.7 Å². The lowest BCUT2D eigenvalue weighted by atomic mass is 9.97. The number of piperidine rings is 1. The molecule has 0 unspecified atom stereocenters. The van der Waals surface area contributed by atoms with Crippen molar-refractivity contribution in [3.63, 3.8) is 0 Å². The fourth-order valence-electron chi connectivity index (χ4n) is 5.27. The van der Waals surface area contributed by atoms with Crippen LogP contribution in [-0.2, 0) is 12.4 Å². The van der Waals surface area contributed by atoms with Gasteiger partial charge in [-0.3, -0.25) is 9.36 Å². The maximum atomic E-state index is 13.9. The lowest BCUT2D eigenvalue weighted by Gasteiger charge is -2.37. The molecule has 3 heterocycles. The maximum Gasteiger partial charge on any atom is 0.433 e. The summed E-state index contributed by atoms with van der Waals surface area (Å²) in [6.45, 7) is 1.51. The van der Waals surface area contributed by atoms with Crippen LogP contribution < -0.4 is 10.5 Å². The van der Waals surface area contributed by atoms with Crippen LogP contribution in [0.1, 0.15) is 47.9 Å². The van der Waals surface area contributed by atoms with E-state index in [-0.39, 0.29) is 35.1 Å². The second-order valence-corrected chi connectivity index (χ2v) is 9.08. The summed E-state index contributed by atoms with van der Waals surface area (Å²) in [5.41, 5.74) is -3.08. The maximum absolute atomic E-state index is 13.9. The molecule has 0 amide bonds. The number of fused-ring (bicyclic) bond motifs is 2. The summed E-state index contributed by atoms with van der Waals surface area (Å²) < 4.78 is 96.2. The summed E-state index contributed by atoms with van der Waals surface area (Å²) in [7, 11) is 0. The highest BCUT2D eigenvalue weighted by Gasteiger charge is 2.50. The highest BCUT2D eigenvalue weighted by molar-refractivity contribution is 5.50. The van der Waals surface area contributed by atoms with Gasteiger partial charge >= 0.3 is 12.4 Å². The predicted molar refractivity (Wildman–Crippen MR) is 115 cm³/mol. The van der Waals surface area contributed by atoms with E-state index in [0.29, 0.717) is 25.3 Å². The minimum atomic E-state index is -5.09. The van der Waals surface area contributed by atoms with Gasteiger partial charge in [0.15, 0.2) is 0 Å². The van der Waals surface area contributed by atoms with Gasteiger partial charge in [0.05, 0.1) is 17.3 Å². The standard InChI is InChI=1S/C24H19F7N4O/c1-12-8-15(4-5-17(12)25)35-20(36)6-7-32-22(35)21-13-2-3-16(9-13)34(21)19-11-14(23(26,27)28)10-18(33-19)24(29,30)31/h4-8,10-11,13,16,21H,2-3,9H2,1H3/t13-,16+,21-/m0/s1. The third kappa shape index (κ3) is 4.11. The number of pyridine rings is 1. The van der Waals surface area contributed by atoms with Gasteiger partial charge in [0.1, 0.15) is 23.2 Å². The molecule has 1 aliphatic carbocycles. The summed E-state index contributed by atoms with van der Waals surface area (Å²) in [5, 5.41) is 0. The number of alkyl halides is 6. The molecule has 3 aromatic rings. The van der Waals surface area contributed by atoms with Crippen molar-refractivity contribution in [1.82, 2.24) is 14.5 Å². The Morgan fingerprint density at radius 2 is 1.72 bits per heavy atom. The van der Waals surface area contributed by atoms with Crippen LogP contribution in [0.2, 0.25) is 0 Å². The molecule has 0 radical (unpaired) electrons. The smallest absolute Gasteiger partial charge is 0.343 e. The number of rotatable bonds is 3. The van der Waals surface area contributed by atoms with E-state index in [4.69, 9.17) is 0 Å². The second-order valence-electron chi connectivity index (χ2n) is 9.08. The van der Waals surface area contributed by atoms with Crippen LogP contribution in [0, 0.1) is 18.7 Å². The molecule has 1 aromatic carbocycles. The van der Waals surface area contributed by atoms with Gasteiger partial charge in [0.2, 0.25) is 0 Å². The average Bonchev–Trinajstić information content (AvgIpc) is 3.41. The topological polar surface area (TPSA) is 51.0 Å². The Balaban J connectivity index is 1.70. The SMILES string of the molecule is Cc1cc(-n2c([C@@H]3[C@H]4CC[C@H](C4)N3c3cc(C(F)(F)F)cc(C(F)(F)F)n3)nccc2=O)ccc1F. The molecular formula is C24H19F7N4O. The molecule has 190 valence electrons. The Morgan fingerprint density at radius 3 is 2.39 bits per heavy atom. The Kier molecular flexibility index (Phi) is 5.60. The zero-order chi connectivity index (χ0) is 26.0. The van der Waals surface area contributed by atoms with Gasteiger partial charge in [0.25, 0.3) is 5.56 Å². The molecular weight excluding hydrogens is 493 g/mol. The molecule has 1 saturated carbocycles. The zero-order valence-corrected chi connectivity index (χ0v) is 18.7. The summed E-state index contributed by atoms with van der Waals surface area (Å²) in [4.78, 5) is 22.3. The highest BCUT2D eigenvalue weighted by atomic mass is 19.4. The number of nitrogens with zero attached hydrogens (tertiary/aromatic N) is 4. The Bertz CT molecular complexity index is 1350. The van der Waals surface area contributed by atoms with Gasteiger partial charge in [-0.2, -0.15) is 26.3 Å². The van der Waals surface area contributed by atoms with Crippen molar-refractivity contribution in [3.8, 4) is 5.69 Å². The molecule has 2 aliphatic rings. The van der Waals surface area contributed by atoms with Gasteiger partial charge in [-0.25, -0.2) is 14.4 Å². The minimum absolute atomic E-state index is 0.00911. The Hall–Kier alpha value is -3.44. The molecule has 12 heteroatoms. The number of aryl methyl sites for hydroxylation is 1. The first-order chi connectivity index (χ1) is 16.8. The number of hydrogen-bond donors (Lipinski definition) is 0. The van der Waals surface area contributed by atoms with Gasteiger partial charge in [0, 0.05) is 18.3 Å². The van der Waals surface area contributed by atoms with Gasteiger partial charge < -0.3 is 4.90 Å². The minimum Gasteiger partial charge on any atom is -0.343 e. The molecule has 36 heavy (non-hydrogen) atoms.